The highest BCUT2D eigenvalue weighted by atomic mass is 79.9. The zero-order valence-corrected chi connectivity index (χ0v) is 16.2. The van der Waals surface area contributed by atoms with Crippen molar-refractivity contribution in [1.82, 2.24) is 9.97 Å². The Morgan fingerprint density at radius 2 is 2.04 bits per heavy atom. The number of rotatable bonds is 4. The number of anilines is 3. The molecule has 1 aromatic heterocycles. The number of piperidine rings is 1. The summed E-state index contributed by atoms with van der Waals surface area (Å²) in [6.45, 7) is 7.46. The van der Waals surface area contributed by atoms with Gasteiger partial charge in [0.05, 0.1) is 5.69 Å². The van der Waals surface area contributed by atoms with Crippen LogP contribution in [0.4, 0.5) is 17.5 Å². The molecule has 3 rings (SSSR count). The third-order valence-electron chi connectivity index (χ3n) is 4.60. The van der Waals surface area contributed by atoms with E-state index in [1.54, 1.807) is 0 Å². The molecule has 0 radical (unpaired) electrons. The van der Waals surface area contributed by atoms with Crippen LogP contribution >= 0.6 is 15.9 Å². The first-order valence-corrected chi connectivity index (χ1v) is 9.51. The molecule has 1 saturated heterocycles. The molecule has 4 nitrogen and oxygen atoms in total. The summed E-state index contributed by atoms with van der Waals surface area (Å²) in [4.78, 5) is 11.8. The Morgan fingerprint density at radius 3 is 2.79 bits per heavy atom. The second-order valence-corrected chi connectivity index (χ2v) is 7.41. The van der Waals surface area contributed by atoms with Gasteiger partial charge >= 0.3 is 0 Å². The standard InChI is InChI=1S/C19H25BrN4/c1-4-15-7-5-6-10-24(15)18-12-14(3)21-19(23-18)22-17-9-8-13(2)11-16(17)20/h8-9,11-12,15H,4-7,10H2,1-3H3,(H,21,22,23). The SMILES string of the molecule is CCC1CCCCN1c1cc(C)nc(Nc2ccc(C)cc2Br)n1. The van der Waals surface area contributed by atoms with E-state index in [1.165, 1.54) is 24.8 Å². The van der Waals surface area contributed by atoms with Crippen LogP contribution in [0.25, 0.3) is 0 Å². The minimum atomic E-state index is 0.590. The van der Waals surface area contributed by atoms with E-state index < -0.39 is 0 Å². The molecule has 0 spiro atoms. The van der Waals surface area contributed by atoms with Crippen LogP contribution in [0, 0.1) is 13.8 Å². The Morgan fingerprint density at radius 1 is 1.21 bits per heavy atom. The molecule has 2 aromatic rings. The van der Waals surface area contributed by atoms with Gasteiger partial charge in [-0.3, -0.25) is 0 Å². The fraction of sp³-hybridized carbons (Fsp3) is 0.474. The van der Waals surface area contributed by atoms with Gasteiger partial charge in [-0.25, -0.2) is 4.98 Å². The molecule has 1 N–H and O–H groups in total. The Kier molecular flexibility index (Phi) is 5.39. The van der Waals surface area contributed by atoms with Gasteiger partial charge < -0.3 is 10.2 Å². The van der Waals surface area contributed by atoms with Gasteiger partial charge in [0, 0.05) is 28.8 Å². The maximum Gasteiger partial charge on any atom is 0.229 e. The molecule has 128 valence electrons. The topological polar surface area (TPSA) is 41.1 Å². The molecule has 0 amide bonds. The lowest BCUT2D eigenvalue weighted by Crippen LogP contribution is -2.39. The van der Waals surface area contributed by atoms with Crippen molar-refractivity contribution >= 4 is 33.4 Å². The lowest BCUT2D eigenvalue weighted by atomic mass is 10.00. The van der Waals surface area contributed by atoms with E-state index in [9.17, 15) is 0 Å². The quantitative estimate of drug-likeness (QED) is 0.764. The molecule has 0 bridgehead atoms. The fourth-order valence-electron chi connectivity index (χ4n) is 3.32. The Balaban J connectivity index is 1.88. The van der Waals surface area contributed by atoms with Crippen molar-refractivity contribution < 1.29 is 0 Å². The van der Waals surface area contributed by atoms with Crippen LogP contribution in [-0.4, -0.2) is 22.6 Å². The van der Waals surface area contributed by atoms with E-state index >= 15 is 0 Å². The van der Waals surface area contributed by atoms with Gasteiger partial charge in [0.1, 0.15) is 5.82 Å². The number of nitrogens with one attached hydrogen (secondary N) is 1. The second-order valence-electron chi connectivity index (χ2n) is 6.55. The molecule has 0 aliphatic carbocycles. The molecule has 1 fully saturated rings. The Labute approximate surface area is 152 Å². The minimum absolute atomic E-state index is 0.590. The highest BCUT2D eigenvalue weighted by Crippen LogP contribution is 2.29. The van der Waals surface area contributed by atoms with Gasteiger partial charge in [0.2, 0.25) is 5.95 Å². The van der Waals surface area contributed by atoms with Crippen LogP contribution < -0.4 is 10.2 Å². The normalized spacial score (nSPS) is 17.8. The van der Waals surface area contributed by atoms with Crippen LogP contribution in [0.15, 0.2) is 28.7 Å². The minimum Gasteiger partial charge on any atom is -0.353 e. The Bertz CT molecular complexity index is 717. The number of halogens is 1. The predicted molar refractivity (Wildman–Crippen MR) is 104 cm³/mol. The summed E-state index contributed by atoms with van der Waals surface area (Å²) in [5.74, 6) is 1.70. The van der Waals surface area contributed by atoms with Crippen LogP contribution in [0.1, 0.15) is 43.9 Å². The zero-order valence-electron chi connectivity index (χ0n) is 14.6. The molecule has 24 heavy (non-hydrogen) atoms. The van der Waals surface area contributed by atoms with Crippen molar-refractivity contribution in [2.45, 2.75) is 52.5 Å². The smallest absolute Gasteiger partial charge is 0.229 e. The van der Waals surface area contributed by atoms with Crippen LogP contribution in [-0.2, 0) is 0 Å². The first-order valence-electron chi connectivity index (χ1n) is 8.72. The third kappa shape index (κ3) is 3.89. The van der Waals surface area contributed by atoms with Gasteiger partial charge in [-0.1, -0.05) is 13.0 Å². The van der Waals surface area contributed by atoms with Gasteiger partial charge in [-0.15, -0.1) is 0 Å². The molecular formula is C19H25BrN4. The number of nitrogens with zero attached hydrogens (tertiary/aromatic N) is 3. The summed E-state index contributed by atoms with van der Waals surface area (Å²) in [6.07, 6.45) is 4.98. The molecule has 1 aliphatic heterocycles. The molecule has 1 atom stereocenters. The van der Waals surface area contributed by atoms with E-state index in [2.05, 4.69) is 69.2 Å². The molecular weight excluding hydrogens is 364 g/mol. The van der Waals surface area contributed by atoms with Gasteiger partial charge in [0.15, 0.2) is 0 Å². The summed E-state index contributed by atoms with van der Waals surface area (Å²) in [7, 11) is 0. The molecule has 1 unspecified atom stereocenters. The fourth-order valence-corrected chi connectivity index (χ4v) is 3.92. The van der Waals surface area contributed by atoms with E-state index in [-0.39, 0.29) is 0 Å². The van der Waals surface area contributed by atoms with Gasteiger partial charge in [0.25, 0.3) is 0 Å². The van der Waals surface area contributed by atoms with E-state index in [4.69, 9.17) is 4.98 Å². The lowest BCUT2D eigenvalue weighted by Gasteiger charge is -2.36. The largest absolute Gasteiger partial charge is 0.353 e. The van der Waals surface area contributed by atoms with Crippen molar-refractivity contribution in [2.75, 3.05) is 16.8 Å². The first kappa shape index (κ1) is 17.2. The number of aromatic nitrogens is 2. The average Bonchev–Trinajstić information content (AvgIpc) is 2.57. The summed E-state index contributed by atoms with van der Waals surface area (Å²) < 4.78 is 1.03. The van der Waals surface area contributed by atoms with E-state index in [0.717, 1.165) is 34.6 Å². The van der Waals surface area contributed by atoms with Crippen LogP contribution in [0.3, 0.4) is 0 Å². The lowest BCUT2D eigenvalue weighted by molar-refractivity contribution is 0.446. The van der Waals surface area contributed by atoms with Crippen molar-refractivity contribution in [3.05, 3.63) is 40.0 Å². The zero-order chi connectivity index (χ0) is 17.1. The van der Waals surface area contributed by atoms with Crippen molar-refractivity contribution in [3.63, 3.8) is 0 Å². The predicted octanol–water partition coefficient (Wildman–Crippen LogP) is 5.37. The van der Waals surface area contributed by atoms with Gasteiger partial charge in [-0.2, -0.15) is 4.98 Å². The van der Waals surface area contributed by atoms with Crippen molar-refractivity contribution in [3.8, 4) is 0 Å². The van der Waals surface area contributed by atoms with Crippen LogP contribution in [0.2, 0.25) is 0 Å². The number of aryl methyl sites for hydroxylation is 2. The van der Waals surface area contributed by atoms with Crippen LogP contribution in [0.5, 0.6) is 0 Å². The molecule has 2 heterocycles. The van der Waals surface area contributed by atoms with Crippen molar-refractivity contribution in [2.24, 2.45) is 0 Å². The first-order chi connectivity index (χ1) is 11.6. The van der Waals surface area contributed by atoms with E-state index in [1.807, 2.05) is 6.92 Å². The highest BCUT2D eigenvalue weighted by Gasteiger charge is 2.22. The van der Waals surface area contributed by atoms with E-state index in [0.29, 0.717) is 12.0 Å². The Hall–Kier alpha value is -1.62. The maximum absolute atomic E-state index is 4.80. The number of hydrogen-bond donors (Lipinski definition) is 1. The maximum atomic E-state index is 4.80. The molecule has 1 aromatic carbocycles. The summed E-state index contributed by atoms with van der Waals surface area (Å²) in [5, 5.41) is 3.36. The summed E-state index contributed by atoms with van der Waals surface area (Å²) in [6, 6.07) is 8.93. The highest BCUT2D eigenvalue weighted by molar-refractivity contribution is 9.10. The summed E-state index contributed by atoms with van der Waals surface area (Å²) in [5.41, 5.74) is 3.20. The summed E-state index contributed by atoms with van der Waals surface area (Å²) >= 11 is 3.61. The third-order valence-corrected chi connectivity index (χ3v) is 5.26. The number of hydrogen-bond acceptors (Lipinski definition) is 4. The molecule has 5 heteroatoms. The molecule has 1 aliphatic rings. The van der Waals surface area contributed by atoms with Crippen molar-refractivity contribution in [1.29, 1.82) is 0 Å². The van der Waals surface area contributed by atoms with Gasteiger partial charge in [-0.05, 0) is 73.2 Å². The second kappa shape index (κ2) is 7.51. The monoisotopic (exact) mass is 388 g/mol. The number of benzene rings is 1. The molecule has 0 saturated carbocycles. The average molecular weight is 389 g/mol.